The summed E-state index contributed by atoms with van der Waals surface area (Å²) in [6.07, 6.45) is 1.94. The van der Waals surface area contributed by atoms with Gasteiger partial charge >= 0.3 is 0 Å². The third kappa shape index (κ3) is 5.86. The third-order valence-corrected chi connectivity index (χ3v) is 8.17. The number of anilines is 2. The number of nitrogens with one attached hydrogen (secondary N) is 2. The highest BCUT2D eigenvalue weighted by Crippen LogP contribution is 2.38. The number of carbonyl (C=O) groups is 2. The molecular formula is C29H27N3O2S2. The summed E-state index contributed by atoms with van der Waals surface area (Å²) < 4.78 is 0. The van der Waals surface area contributed by atoms with Crippen LogP contribution in [0.4, 0.5) is 10.8 Å². The van der Waals surface area contributed by atoms with Crippen LogP contribution >= 0.6 is 23.1 Å². The molecule has 1 saturated carbocycles. The fraction of sp³-hybridized carbons (Fsp3) is 0.207. The van der Waals surface area contributed by atoms with Crippen LogP contribution in [-0.4, -0.2) is 16.8 Å². The minimum absolute atomic E-state index is 0.0840. The maximum absolute atomic E-state index is 13.5. The van der Waals surface area contributed by atoms with E-state index in [1.807, 2.05) is 61.5 Å². The molecule has 0 bridgehead atoms. The van der Waals surface area contributed by atoms with Crippen molar-refractivity contribution in [1.29, 1.82) is 0 Å². The molecule has 1 atom stereocenters. The van der Waals surface area contributed by atoms with Crippen LogP contribution < -0.4 is 10.6 Å². The van der Waals surface area contributed by atoms with E-state index < -0.39 is 5.25 Å². The van der Waals surface area contributed by atoms with Gasteiger partial charge in [-0.2, -0.15) is 0 Å². The molecular weight excluding hydrogens is 486 g/mol. The van der Waals surface area contributed by atoms with Crippen LogP contribution in [0.1, 0.15) is 34.1 Å². The number of benzene rings is 3. The Morgan fingerprint density at radius 1 is 0.917 bits per heavy atom. The van der Waals surface area contributed by atoms with Gasteiger partial charge in [0.2, 0.25) is 11.8 Å². The topological polar surface area (TPSA) is 71.1 Å². The van der Waals surface area contributed by atoms with E-state index in [0.717, 1.165) is 45.1 Å². The van der Waals surface area contributed by atoms with Crippen molar-refractivity contribution in [3.05, 3.63) is 94.9 Å². The largest absolute Gasteiger partial charge is 0.326 e. The Bertz CT molecular complexity index is 1360. The molecule has 2 amide bonds. The van der Waals surface area contributed by atoms with Crippen molar-refractivity contribution in [1.82, 2.24) is 4.98 Å². The van der Waals surface area contributed by atoms with Crippen molar-refractivity contribution in [2.24, 2.45) is 5.92 Å². The van der Waals surface area contributed by atoms with Crippen molar-refractivity contribution in [2.75, 3.05) is 10.6 Å². The molecule has 3 aromatic carbocycles. The molecule has 4 aromatic rings. The first kappa shape index (κ1) is 24.3. The molecule has 36 heavy (non-hydrogen) atoms. The van der Waals surface area contributed by atoms with Crippen molar-refractivity contribution in [3.63, 3.8) is 0 Å². The van der Waals surface area contributed by atoms with E-state index in [1.165, 1.54) is 28.7 Å². The predicted octanol–water partition coefficient (Wildman–Crippen LogP) is 7.25. The number of amides is 2. The predicted molar refractivity (Wildman–Crippen MR) is 148 cm³/mol. The van der Waals surface area contributed by atoms with Crippen LogP contribution in [0.5, 0.6) is 0 Å². The number of aryl methyl sites for hydroxylation is 2. The Morgan fingerprint density at radius 3 is 2.28 bits per heavy atom. The van der Waals surface area contributed by atoms with Crippen LogP contribution in [0.2, 0.25) is 0 Å². The molecule has 1 aliphatic rings. The zero-order valence-electron chi connectivity index (χ0n) is 20.2. The normalized spacial score (nSPS) is 13.7. The van der Waals surface area contributed by atoms with E-state index in [1.54, 1.807) is 0 Å². The molecule has 0 aliphatic heterocycles. The van der Waals surface area contributed by atoms with Gasteiger partial charge in [-0.25, -0.2) is 4.98 Å². The number of thiazole rings is 1. The molecule has 5 nitrogen and oxygen atoms in total. The smallest absolute Gasteiger partial charge is 0.244 e. The van der Waals surface area contributed by atoms with Gasteiger partial charge < -0.3 is 10.6 Å². The van der Waals surface area contributed by atoms with Crippen LogP contribution in [0.3, 0.4) is 0 Å². The summed E-state index contributed by atoms with van der Waals surface area (Å²) in [5, 5.41) is 6.15. The van der Waals surface area contributed by atoms with Crippen molar-refractivity contribution < 1.29 is 9.59 Å². The lowest BCUT2D eigenvalue weighted by atomic mass is 10.1. The SMILES string of the molecule is Cc1ccc(-c2nc(NC(=O)C(Sc3ccc(NC(=O)C4CC4)cc3)c3ccccc3)sc2C)cc1. The van der Waals surface area contributed by atoms with Gasteiger partial charge in [-0.05, 0) is 56.5 Å². The van der Waals surface area contributed by atoms with Crippen LogP contribution in [0.15, 0.2) is 83.8 Å². The molecule has 1 fully saturated rings. The van der Waals surface area contributed by atoms with Gasteiger partial charge in [0.15, 0.2) is 5.13 Å². The lowest BCUT2D eigenvalue weighted by molar-refractivity contribution is -0.117. The Balaban J connectivity index is 1.33. The van der Waals surface area contributed by atoms with Crippen LogP contribution in [-0.2, 0) is 9.59 Å². The number of carbonyl (C=O) groups excluding carboxylic acids is 2. The second-order valence-corrected chi connectivity index (χ2v) is 11.4. The number of thioether (sulfide) groups is 1. The lowest BCUT2D eigenvalue weighted by Crippen LogP contribution is -2.19. The maximum Gasteiger partial charge on any atom is 0.244 e. The van der Waals surface area contributed by atoms with Gasteiger partial charge in [0.05, 0.1) is 5.69 Å². The Morgan fingerprint density at radius 2 is 1.61 bits per heavy atom. The summed E-state index contributed by atoms with van der Waals surface area (Å²) in [6, 6.07) is 25.7. The van der Waals surface area contributed by atoms with Gasteiger partial charge in [-0.1, -0.05) is 60.2 Å². The van der Waals surface area contributed by atoms with Gasteiger partial charge in [-0.15, -0.1) is 23.1 Å². The second kappa shape index (κ2) is 10.7. The number of hydrogen-bond donors (Lipinski definition) is 2. The van der Waals surface area contributed by atoms with Crippen molar-refractivity contribution in [3.8, 4) is 11.3 Å². The number of aromatic nitrogens is 1. The molecule has 1 unspecified atom stereocenters. The third-order valence-electron chi connectivity index (χ3n) is 6.02. The molecule has 0 spiro atoms. The highest BCUT2D eigenvalue weighted by atomic mass is 32.2. The Labute approximate surface area is 219 Å². The van der Waals surface area contributed by atoms with Crippen LogP contribution in [0.25, 0.3) is 11.3 Å². The van der Waals surface area contributed by atoms with Crippen molar-refractivity contribution >= 4 is 45.7 Å². The first-order valence-corrected chi connectivity index (χ1v) is 13.6. The van der Waals surface area contributed by atoms with Gasteiger partial charge in [0.1, 0.15) is 5.25 Å². The summed E-state index contributed by atoms with van der Waals surface area (Å²) in [5.74, 6) is 0.119. The summed E-state index contributed by atoms with van der Waals surface area (Å²) in [4.78, 5) is 32.3. The summed E-state index contributed by atoms with van der Waals surface area (Å²) >= 11 is 2.96. The maximum atomic E-state index is 13.5. The van der Waals surface area contributed by atoms with Crippen LogP contribution in [0, 0.1) is 19.8 Å². The standard InChI is InChI=1S/C29H27N3O2S2/c1-18-8-10-20(11-9-18)25-19(2)35-29(31-25)32-28(34)26(21-6-4-3-5-7-21)36-24-16-14-23(15-17-24)30-27(33)22-12-13-22/h3-11,14-17,22,26H,12-13H2,1-2H3,(H,30,33)(H,31,32,34). The highest BCUT2D eigenvalue weighted by molar-refractivity contribution is 8.00. The fourth-order valence-electron chi connectivity index (χ4n) is 3.84. The Hall–Kier alpha value is -3.42. The monoisotopic (exact) mass is 513 g/mol. The molecule has 182 valence electrons. The number of hydrogen-bond acceptors (Lipinski definition) is 5. The zero-order valence-corrected chi connectivity index (χ0v) is 21.8. The Kier molecular flexibility index (Phi) is 7.20. The van der Waals surface area contributed by atoms with E-state index >= 15 is 0 Å². The summed E-state index contributed by atoms with van der Waals surface area (Å²) in [7, 11) is 0. The number of rotatable bonds is 8. The van der Waals surface area contributed by atoms with E-state index in [-0.39, 0.29) is 17.7 Å². The average Bonchev–Trinajstić information content (AvgIpc) is 3.68. The van der Waals surface area contributed by atoms with E-state index in [9.17, 15) is 9.59 Å². The molecule has 1 heterocycles. The fourth-order valence-corrected chi connectivity index (χ4v) is 5.71. The molecule has 1 aromatic heterocycles. The van der Waals surface area contributed by atoms with Gasteiger partial charge in [-0.3, -0.25) is 9.59 Å². The molecule has 0 saturated heterocycles. The average molecular weight is 514 g/mol. The first-order chi connectivity index (χ1) is 17.5. The molecule has 0 radical (unpaired) electrons. The molecule has 1 aliphatic carbocycles. The first-order valence-electron chi connectivity index (χ1n) is 11.9. The lowest BCUT2D eigenvalue weighted by Gasteiger charge is -2.16. The minimum Gasteiger partial charge on any atom is -0.326 e. The molecule has 5 rings (SSSR count). The van der Waals surface area contributed by atoms with E-state index in [4.69, 9.17) is 4.98 Å². The summed E-state index contributed by atoms with van der Waals surface area (Å²) in [6.45, 7) is 4.08. The highest BCUT2D eigenvalue weighted by Gasteiger charge is 2.29. The summed E-state index contributed by atoms with van der Waals surface area (Å²) in [5.41, 5.74) is 4.82. The minimum atomic E-state index is -0.454. The molecule has 2 N–H and O–H groups in total. The quantitative estimate of drug-likeness (QED) is 0.244. The van der Waals surface area contributed by atoms with Gasteiger partial charge in [0.25, 0.3) is 0 Å². The second-order valence-electron chi connectivity index (χ2n) is 8.98. The molecule has 7 heteroatoms. The van der Waals surface area contributed by atoms with E-state index in [2.05, 4.69) is 41.8 Å². The zero-order chi connectivity index (χ0) is 25.1. The van der Waals surface area contributed by atoms with E-state index in [0.29, 0.717) is 5.13 Å². The van der Waals surface area contributed by atoms with Crippen molar-refractivity contribution in [2.45, 2.75) is 36.8 Å². The number of nitrogens with zero attached hydrogens (tertiary/aromatic N) is 1. The van der Waals surface area contributed by atoms with Gasteiger partial charge in [0, 0.05) is 26.9 Å².